The normalized spacial score (nSPS) is 24.4. The van der Waals surface area contributed by atoms with Crippen molar-refractivity contribution in [2.24, 2.45) is 0 Å². The van der Waals surface area contributed by atoms with Crippen LogP contribution in [0.15, 0.2) is 36.4 Å². The van der Waals surface area contributed by atoms with Gasteiger partial charge in [-0.1, -0.05) is 31.2 Å². The lowest BCUT2D eigenvalue weighted by molar-refractivity contribution is 0.810. The molecular formula is C17H17N3. The molecular weight excluding hydrogens is 246 g/mol. The molecule has 0 amide bonds. The Labute approximate surface area is 120 Å². The van der Waals surface area contributed by atoms with E-state index in [0.717, 1.165) is 11.3 Å². The summed E-state index contributed by atoms with van der Waals surface area (Å²) in [6.07, 6.45) is 8.22. The van der Waals surface area contributed by atoms with Gasteiger partial charge in [-0.3, -0.25) is 0 Å². The number of anilines is 1. The Morgan fingerprint density at radius 2 is 1.75 bits per heavy atom. The van der Waals surface area contributed by atoms with Crippen molar-refractivity contribution in [2.45, 2.75) is 25.8 Å². The van der Waals surface area contributed by atoms with Crippen LogP contribution in [0.2, 0.25) is 0 Å². The van der Waals surface area contributed by atoms with Crippen LogP contribution in [0.4, 0.5) is 5.69 Å². The van der Waals surface area contributed by atoms with Gasteiger partial charge in [-0.25, -0.2) is 0 Å². The minimum Gasteiger partial charge on any atom is -0.368 e. The van der Waals surface area contributed by atoms with Crippen LogP contribution in [-0.2, 0) is 0 Å². The first-order valence-corrected chi connectivity index (χ1v) is 6.64. The lowest BCUT2D eigenvalue weighted by Gasteiger charge is -2.28. The largest absolute Gasteiger partial charge is 0.368 e. The average molecular weight is 263 g/mol. The molecule has 0 radical (unpaired) electrons. The van der Waals surface area contributed by atoms with Crippen molar-refractivity contribution in [3.63, 3.8) is 0 Å². The second-order valence-electron chi connectivity index (χ2n) is 5.09. The summed E-state index contributed by atoms with van der Waals surface area (Å²) in [5.74, 6) is 0.129. The number of hydrogen-bond acceptors (Lipinski definition) is 3. The first kappa shape index (κ1) is 13.9. The van der Waals surface area contributed by atoms with Gasteiger partial charge in [0.1, 0.15) is 0 Å². The van der Waals surface area contributed by atoms with Crippen molar-refractivity contribution in [3.05, 3.63) is 53.1 Å². The van der Waals surface area contributed by atoms with E-state index in [1.54, 1.807) is 6.07 Å². The Bertz CT molecular complexity index is 656. The van der Waals surface area contributed by atoms with Gasteiger partial charge in [0.25, 0.3) is 0 Å². The van der Waals surface area contributed by atoms with Crippen molar-refractivity contribution in [2.75, 3.05) is 11.9 Å². The number of benzene rings is 1. The standard InChI is InChI=1S/C17H17N3/c1-12-6-4-5-7-13(2)20(3)16-9-14(10-18)8-15(11-19)17(12)16/h4-9,12-13H,1-3H3/b6-4-,7-5-/t12?,13-/m0/s1. The molecule has 0 saturated carbocycles. The highest BCUT2D eigenvalue weighted by Gasteiger charge is 2.20. The molecule has 0 bridgehead atoms. The van der Waals surface area contributed by atoms with Gasteiger partial charge in [0, 0.05) is 24.7 Å². The van der Waals surface area contributed by atoms with Crippen LogP contribution in [0.5, 0.6) is 0 Å². The van der Waals surface area contributed by atoms with Crippen LogP contribution >= 0.6 is 0 Å². The quantitative estimate of drug-likeness (QED) is 0.720. The second kappa shape index (κ2) is 5.63. The Balaban J connectivity index is 2.75. The molecule has 1 heterocycles. The Hall–Kier alpha value is -2.52. The van der Waals surface area contributed by atoms with Gasteiger partial charge in [0.15, 0.2) is 0 Å². The highest BCUT2D eigenvalue weighted by atomic mass is 15.1. The third-order valence-electron chi connectivity index (χ3n) is 3.75. The van der Waals surface area contributed by atoms with E-state index in [1.807, 2.05) is 25.3 Å². The topological polar surface area (TPSA) is 50.8 Å². The van der Waals surface area contributed by atoms with Gasteiger partial charge < -0.3 is 4.90 Å². The molecule has 1 aliphatic rings. The number of nitriles is 2. The maximum atomic E-state index is 9.40. The molecule has 1 unspecified atom stereocenters. The molecule has 0 saturated heterocycles. The summed E-state index contributed by atoms with van der Waals surface area (Å²) < 4.78 is 0. The lowest BCUT2D eigenvalue weighted by Crippen LogP contribution is -2.28. The maximum Gasteiger partial charge on any atom is 0.0996 e. The number of likely N-dealkylation sites (N-methyl/N-ethyl adjacent to an activating group) is 1. The Morgan fingerprint density at radius 1 is 1.05 bits per heavy atom. The first-order valence-electron chi connectivity index (χ1n) is 6.64. The summed E-state index contributed by atoms with van der Waals surface area (Å²) in [6, 6.07) is 8.12. The molecule has 20 heavy (non-hydrogen) atoms. The van der Waals surface area contributed by atoms with E-state index >= 15 is 0 Å². The third-order valence-corrected chi connectivity index (χ3v) is 3.75. The Kier molecular flexibility index (Phi) is 3.91. The van der Waals surface area contributed by atoms with Gasteiger partial charge >= 0.3 is 0 Å². The number of rotatable bonds is 0. The van der Waals surface area contributed by atoms with E-state index in [1.165, 1.54) is 0 Å². The second-order valence-corrected chi connectivity index (χ2v) is 5.09. The summed E-state index contributed by atoms with van der Waals surface area (Å²) in [5, 5.41) is 18.6. The lowest BCUT2D eigenvalue weighted by atomic mass is 9.91. The molecule has 0 aliphatic carbocycles. The minimum atomic E-state index is 0.129. The van der Waals surface area contributed by atoms with Crippen LogP contribution in [0.1, 0.15) is 36.5 Å². The average Bonchev–Trinajstić information content (AvgIpc) is 2.52. The van der Waals surface area contributed by atoms with E-state index in [2.05, 4.69) is 43.0 Å². The predicted octanol–water partition coefficient (Wildman–Crippen LogP) is 3.48. The van der Waals surface area contributed by atoms with Crippen molar-refractivity contribution < 1.29 is 0 Å². The number of fused-ring (bicyclic) bond motifs is 1. The molecule has 1 aromatic carbocycles. The molecule has 1 aromatic rings. The van der Waals surface area contributed by atoms with Crippen LogP contribution in [0.3, 0.4) is 0 Å². The Morgan fingerprint density at radius 3 is 2.40 bits per heavy atom. The summed E-state index contributed by atoms with van der Waals surface area (Å²) >= 11 is 0. The minimum absolute atomic E-state index is 0.129. The van der Waals surface area contributed by atoms with Crippen LogP contribution in [0, 0.1) is 22.7 Å². The molecule has 0 aromatic heterocycles. The van der Waals surface area contributed by atoms with Gasteiger partial charge in [-0.15, -0.1) is 0 Å². The highest BCUT2D eigenvalue weighted by molar-refractivity contribution is 5.66. The van der Waals surface area contributed by atoms with Gasteiger partial charge in [-0.2, -0.15) is 10.5 Å². The fraction of sp³-hybridized carbons (Fsp3) is 0.294. The third kappa shape index (κ3) is 2.44. The molecule has 0 fully saturated rings. The van der Waals surface area contributed by atoms with Crippen LogP contribution in [-0.4, -0.2) is 13.1 Å². The smallest absolute Gasteiger partial charge is 0.0996 e. The zero-order valence-corrected chi connectivity index (χ0v) is 12.0. The number of allylic oxidation sites excluding steroid dienone is 3. The molecule has 0 spiro atoms. The predicted molar refractivity (Wildman–Crippen MR) is 80.4 cm³/mol. The van der Waals surface area contributed by atoms with Crippen LogP contribution < -0.4 is 4.90 Å². The van der Waals surface area contributed by atoms with Crippen molar-refractivity contribution in [3.8, 4) is 12.1 Å². The van der Waals surface area contributed by atoms with Crippen molar-refractivity contribution in [1.29, 1.82) is 10.5 Å². The molecule has 2 atom stereocenters. The summed E-state index contributed by atoms with van der Waals surface area (Å²) in [6.45, 7) is 4.16. The van der Waals surface area contributed by atoms with Crippen LogP contribution in [0.25, 0.3) is 0 Å². The van der Waals surface area contributed by atoms with E-state index in [9.17, 15) is 5.26 Å². The van der Waals surface area contributed by atoms with E-state index in [0.29, 0.717) is 11.1 Å². The number of nitrogens with zero attached hydrogens (tertiary/aromatic N) is 3. The summed E-state index contributed by atoms with van der Waals surface area (Å²) in [4.78, 5) is 2.11. The van der Waals surface area contributed by atoms with Gasteiger partial charge in [0.2, 0.25) is 0 Å². The van der Waals surface area contributed by atoms with Crippen molar-refractivity contribution in [1.82, 2.24) is 0 Å². The van der Waals surface area contributed by atoms with E-state index < -0.39 is 0 Å². The zero-order valence-electron chi connectivity index (χ0n) is 12.0. The molecule has 100 valence electrons. The molecule has 2 rings (SSSR count). The monoisotopic (exact) mass is 263 g/mol. The first-order chi connectivity index (χ1) is 9.58. The molecule has 0 N–H and O–H groups in total. The highest BCUT2D eigenvalue weighted by Crippen LogP contribution is 2.34. The maximum absolute atomic E-state index is 9.40. The number of hydrogen-bond donors (Lipinski definition) is 0. The van der Waals surface area contributed by atoms with Gasteiger partial charge in [-0.05, 0) is 24.6 Å². The van der Waals surface area contributed by atoms with E-state index in [4.69, 9.17) is 5.26 Å². The van der Waals surface area contributed by atoms with E-state index in [-0.39, 0.29) is 12.0 Å². The fourth-order valence-electron chi connectivity index (χ4n) is 2.47. The summed E-state index contributed by atoms with van der Waals surface area (Å²) in [5.41, 5.74) is 3.05. The molecule has 3 heteroatoms. The summed E-state index contributed by atoms with van der Waals surface area (Å²) in [7, 11) is 1.99. The molecule has 1 aliphatic heterocycles. The van der Waals surface area contributed by atoms with Gasteiger partial charge in [0.05, 0.1) is 23.3 Å². The fourth-order valence-corrected chi connectivity index (χ4v) is 2.47. The zero-order chi connectivity index (χ0) is 14.7. The molecule has 3 nitrogen and oxygen atoms in total. The SMILES string of the molecule is CC1/C=C\C=C/[C@H](C)N(C)c2cc(C#N)cc(C#N)c21. The van der Waals surface area contributed by atoms with Crippen molar-refractivity contribution >= 4 is 5.69 Å².